The molecule has 1 aliphatic heterocycles. The van der Waals surface area contributed by atoms with Gasteiger partial charge in [-0.1, -0.05) is 24.3 Å². The van der Waals surface area contributed by atoms with Crippen molar-refractivity contribution in [3.63, 3.8) is 0 Å². The van der Waals surface area contributed by atoms with E-state index < -0.39 is 0 Å². The van der Waals surface area contributed by atoms with Gasteiger partial charge in [-0.05, 0) is 57.8 Å². The molecule has 1 aliphatic rings. The molecule has 1 aromatic heterocycles. The van der Waals surface area contributed by atoms with Crippen LogP contribution in [0.1, 0.15) is 44.2 Å². The third-order valence-electron chi connectivity index (χ3n) is 5.86. The molecule has 0 aliphatic carbocycles. The van der Waals surface area contributed by atoms with Crippen LogP contribution in [0.25, 0.3) is 0 Å². The number of aliphatic imine (C=N–C) groups is 1. The second-order valence-corrected chi connectivity index (χ2v) is 8.09. The number of pyridine rings is 1. The van der Waals surface area contributed by atoms with Gasteiger partial charge in [0.05, 0.1) is 19.7 Å². The lowest BCUT2D eigenvalue weighted by atomic mass is 10.0. The van der Waals surface area contributed by atoms with Gasteiger partial charge < -0.3 is 19.9 Å². The Balaban J connectivity index is 0.00000385. The minimum Gasteiger partial charge on any atom is -0.496 e. The van der Waals surface area contributed by atoms with E-state index in [2.05, 4.69) is 34.6 Å². The van der Waals surface area contributed by atoms with Crippen LogP contribution in [0.4, 0.5) is 0 Å². The molecule has 33 heavy (non-hydrogen) atoms. The summed E-state index contributed by atoms with van der Waals surface area (Å²) < 4.78 is 7.40. The molecule has 1 atom stereocenters. The largest absolute Gasteiger partial charge is 0.496 e. The van der Waals surface area contributed by atoms with Crippen LogP contribution >= 0.6 is 24.0 Å². The standard InChI is InChI=1S/C25H37N5O2.HI/c1-3-26-25(27-15-7-9-19-30-18-8-6-14-24(30)31)28-20-22(29-16-10-11-17-29)21-12-4-5-13-23(21)32-2;/h4-6,8,12-14,18,22H,3,7,9-11,15-17,19-20H2,1-2H3,(H2,26,27,28);1H. The molecule has 0 bridgehead atoms. The van der Waals surface area contributed by atoms with E-state index in [0.29, 0.717) is 6.54 Å². The molecule has 1 saturated heterocycles. The Hall–Kier alpha value is -2.07. The van der Waals surface area contributed by atoms with Gasteiger partial charge in [0, 0.05) is 37.5 Å². The van der Waals surface area contributed by atoms with Crippen molar-refractivity contribution < 1.29 is 4.74 Å². The summed E-state index contributed by atoms with van der Waals surface area (Å²) in [5.74, 6) is 1.76. The van der Waals surface area contributed by atoms with Crippen molar-refractivity contribution >= 4 is 29.9 Å². The van der Waals surface area contributed by atoms with Crippen molar-refractivity contribution in [2.75, 3.05) is 39.8 Å². The molecule has 2 aromatic rings. The number of halogens is 1. The highest BCUT2D eigenvalue weighted by atomic mass is 127. The molecule has 1 aromatic carbocycles. The van der Waals surface area contributed by atoms with E-state index >= 15 is 0 Å². The van der Waals surface area contributed by atoms with Gasteiger partial charge in [0.1, 0.15) is 5.75 Å². The number of rotatable bonds is 11. The first-order valence-corrected chi connectivity index (χ1v) is 11.8. The first kappa shape index (κ1) is 27.2. The van der Waals surface area contributed by atoms with E-state index in [0.717, 1.165) is 57.3 Å². The molecule has 0 saturated carbocycles. The molecule has 0 radical (unpaired) electrons. The van der Waals surface area contributed by atoms with Crippen LogP contribution < -0.4 is 20.9 Å². The van der Waals surface area contributed by atoms with Crippen LogP contribution in [0.5, 0.6) is 5.75 Å². The molecule has 0 spiro atoms. The number of likely N-dealkylation sites (tertiary alicyclic amines) is 1. The number of hydrogen-bond donors (Lipinski definition) is 2. The van der Waals surface area contributed by atoms with Crippen molar-refractivity contribution in [1.82, 2.24) is 20.1 Å². The SMILES string of the molecule is CCNC(=NCC(c1ccccc1OC)N1CCCC1)NCCCCn1ccccc1=O.I. The van der Waals surface area contributed by atoms with E-state index in [1.165, 1.54) is 18.4 Å². The highest BCUT2D eigenvalue weighted by molar-refractivity contribution is 14.0. The third-order valence-corrected chi connectivity index (χ3v) is 5.86. The first-order chi connectivity index (χ1) is 15.7. The lowest BCUT2D eigenvalue weighted by molar-refractivity contribution is 0.245. The van der Waals surface area contributed by atoms with Crippen molar-refractivity contribution in [3.8, 4) is 5.75 Å². The predicted molar refractivity (Wildman–Crippen MR) is 146 cm³/mol. The molecular formula is C25H38IN5O2. The van der Waals surface area contributed by atoms with Crippen molar-refractivity contribution in [3.05, 3.63) is 64.6 Å². The topological polar surface area (TPSA) is 70.9 Å². The smallest absolute Gasteiger partial charge is 0.250 e. The monoisotopic (exact) mass is 567 g/mol. The summed E-state index contributed by atoms with van der Waals surface area (Å²) in [6.45, 7) is 7.32. The number of unbranched alkanes of at least 4 members (excludes halogenated alkanes) is 1. The van der Waals surface area contributed by atoms with Gasteiger partial charge in [-0.3, -0.25) is 14.7 Å². The molecule has 1 fully saturated rings. The zero-order valence-electron chi connectivity index (χ0n) is 19.8. The summed E-state index contributed by atoms with van der Waals surface area (Å²) in [4.78, 5) is 19.2. The number of ether oxygens (including phenoxy) is 1. The average molecular weight is 568 g/mol. The van der Waals surface area contributed by atoms with Gasteiger partial charge >= 0.3 is 0 Å². The van der Waals surface area contributed by atoms with Crippen molar-refractivity contribution in [2.45, 2.75) is 45.2 Å². The van der Waals surface area contributed by atoms with Gasteiger partial charge in [-0.2, -0.15) is 0 Å². The summed E-state index contributed by atoms with van der Waals surface area (Å²) in [6.07, 6.45) is 6.22. The highest BCUT2D eigenvalue weighted by Crippen LogP contribution is 2.31. The van der Waals surface area contributed by atoms with Crippen LogP contribution in [-0.4, -0.2) is 55.3 Å². The van der Waals surface area contributed by atoms with Gasteiger partial charge in [-0.15, -0.1) is 24.0 Å². The number of nitrogens with zero attached hydrogens (tertiary/aromatic N) is 3. The Bertz CT molecular complexity index is 911. The second-order valence-electron chi connectivity index (χ2n) is 8.09. The fraction of sp³-hybridized carbons (Fsp3) is 0.520. The molecular weight excluding hydrogens is 529 g/mol. The number of guanidine groups is 1. The molecule has 7 nitrogen and oxygen atoms in total. The number of nitrogens with one attached hydrogen (secondary N) is 2. The number of aromatic nitrogens is 1. The molecule has 1 unspecified atom stereocenters. The molecule has 8 heteroatoms. The van der Waals surface area contributed by atoms with Gasteiger partial charge in [0.15, 0.2) is 5.96 Å². The Labute approximate surface area is 214 Å². The summed E-state index contributed by atoms with van der Waals surface area (Å²) in [6, 6.07) is 13.8. The highest BCUT2D eigenvalue weighted by Gasteiger charge is 2.25. The number of benzene rings is 1. The number of para-hydroxylation sites is 1. The molecule has 3 rings (SSSR count). The van der Waals surface area contributed by atoms with Crippen LogP contribution in [0.2, 0.25) is 0 Å². The van der Waals surface area contributed by atoms with Gasteiger partial charge in [0.2, 0.25) is 5.56 Å². The maximum atomic E-state index is 11.8. The Morgan fingerprint density at radius 2 is 1.85 bits per heavy atom. The van der Waals surface area contributed by atoms with Gasteiger partial charge in [-0.25, -0.2) is 0 Å². The normalized spacial score (nSPS) is 15.0. The maximum absolute atomic E-state index is 11.8. The fourth-order valence-electron chi connectivity index (χ4n) is 4.18. The van der Waals surface area contributed by atoms with Crippen molar-refractivity contribution in [2.24, 2.45) is 4.99 Å². The van der Waals surface area contributed by atoms with E-state index in [4.69, 9.17) is 9.73 Å². The van der Waals surface area contributed by atoms with Crippen LogP contribution in [0.15, 0.2) is 58.4 Å². The summed E-state index contributed by atoms with van der Waals surface area (Å²) in [5, 5.41) is 6.81. The minimum absolute atomic E-state index is 0. The van der Waals surface area contributed by atoms with Crippen LogP contribution in [0.3, 0.4) is 0 Å². The number of hydrogen-bond acceptors (Lipinski definition) is 4. The van der Waals surface area contributed by atoms with Crippen LogP contribution in [-0.2, 0) is 6.54 Å². The number of aryl methyl sites for hydroxylation is 1. The Morgan fingerprint density at radius 3 is 2.58 bits per heavy atom. The van der Waals surface area contributed by atoms with Crippen molar-refractivity contribution in [1.29, 1.82) is 0 Å². The van der Waals surface area contributed by atoms with Gasteiger partial charge in [0.25, 0.3) is 0 Å². The zero-order chi connectivity index (χ0) is 22.6. The summed E-state index contributed by atoms with van der Waals surface area (Å²) in [7, 11) is 1.73. The Morgan fingerprint density at radius 1 is 1.09 bits per heavy atom. The summed E-state index contributed by atoms with van der Waals surface area (Å²) >= 11 is 0. The molecule has 182 valence electrons. The van der Waals surface area contributed by atoms with Crippen LogP contribution in [0, 0.1) is 0 Å². The molecule has 0 amide bonds. The fourth-order valence-corrected chi connectivity index (χ4v) is 4.18. The average Bonchev–Trinajstić information content (AvgIpc) is 3.35. The maximum Gasteiger partial charge on any atom is 0.250 e. The minimum atomic E-state index is 0. The molecule has 2 heterocycles. The number of methoxy groups -OCH3 is 1. The quantitative estimate of drug-likeness (QED) is 0.188. The van der Waals surface area contributed by atoms with E-state index in [1.54, 1.807) is 23.8 Å². The third kappa shape index (κ3) is 8.33. The predicted octanol–water partition coefficient (Wildman–Crippen LogP) is 3.65. The summed E-state index contributed by atoms with van der Waals surface area (Å²) in [5.41, 5.74) is 1.25. The lowest BCUT2D eigenvalue weighted by Crippen LogP contribution is -2.39. The second kappa shape index (κ2) is 15.0. The Kier molecular flexibility index (Phi) is 12.3. The van der Waals surface area contributed by atoms with E-state index in [-0.39, 0.29) is 35.6 Å². The van der Waals surface area contributed by atoms with E-state index in [1.807, 2.05) is 24.4 Å². The lowest BCUT2D eigenvalue weighted by Gasteiger charge is -2.28. The first-order valence-electron chi connectivity index (χ1n) is 11.8. The van der Waals surface area contributed by atoms with E-state index in [9.17, 15) is 4.79 Å². The molecule has 2 N–H and O–H groups in total. The zero-order valence-corrected chi connectivity index (χ0v) is 22.2.